The Balaban J connectivity index is 1.84. The Bertz CT molecular complexity index is 1200. The van der Waals surface area contributed by atoms with E-state index < -0.39 is 10.8 Å². The minimum absolute atomic E-state index is 0.0622. The number of hydrogen-bond acceptors (Lipinski definition) is 6. The predicted molar refractivity (Wildman–Crippen MR) is 118 cm³/mol. The summed E-state index contributed by atoms with van der Waals surface area (Å²) < 4.78 is 1.53. The minimum atomic E-state index is -0.538. The van der Waals surface area contributed by atoms with E-state index in [9.17, 15) is 19.7 Å². The number of anilines is 1. The molecule has 1 amide bonds. The molecule has 0 bridgehead atoms. The van der Waals surface area contributed by atoms with Crippen molar-refractivity contribution in [2.45, 2.75) is 32.0 Å². The minimum Gasteiger partial charge on any atom is -0.320 e. The van der Waals surface area contributed by atoms with Gasteiger partial charge < -0.3 is 5.32 Å². The number of carbonyl (C=O) groups is 1. The summed E-state index contributed by atoms with van der Waals surface area (Å²) in [6.07, 6.45) is 0.718. The van der Waals surface area contributed by atoms with Crippen molar-refractivity contribution < 1.29 is 9.72 Å². The lowest BCUT2D eigenvalue weighted by atomic mass is 10.2. The first-order valence-electron chi connectivity index (χ1n) is 9.18. The van der Waals surface area contributed by atoms with Gasteiger partial charge in [-0.25, -0.2) is 4.98 Å². The number of hydrogen-bond donors (Lipinski definition) is 1. The number of nitrogens with zero attached hydrogens (tertiary/aromatic N) is 3. The fourth-order valence-electron chi connectivity index (χ4n) is 2.92. The summed E-state index contributed by atoms with van der Waals surface area (Å²) in [5, 5.41) is 15.1. The number of aryl methyl sites for hydroxylation is 1. The fraction of sp³-hybridized carbons (Fsp3) is 0.250. The van der Waals surface area contributed by atoms with Gasteiger partial charge in [-0.1, -0.05) is 36.4 Å². The van der Waals surface area contributed by atoms with Gasteiger partial charge in [0, 0.05) is 17.6 Å². The first-order valence-corrected chi connectivity index (χ1v) is 10.5. The average Bonchev–Trinajstić information content (AvgIpc) is 2.70. The lowest BCUT2D eigenvalue weighted by Crippen LogP contribution is -2.24. The van der Waals surface area contributed by atoms with E-state index in [4.69, 9.17) is 11.6 Å². The van der Waals surface area contributed by atoms with Gasteiger partial charge in [-0.15, -0.1) is 0 Å². The molecule has 0 saturated carbocycles. The Morgan fingerprint density at radius 3 is 2.77 bits per heavy atom. The molecular formula is C20H19ClN4O4S. The van der Waals surface area contributed by atoms with Crippen LogP contribution >= 0.6 is 23.4 Å². The second-order valence-electron chi connectivity index (χ2n) is 6.63. The van der Waals surface area contributed by atoms with Crippen molar-refractivity contribution in [1.82, 2.24) is 9.55 Å². The number of carbonyl (C=O) groups excluding carboxylic acids is 1. The summed E-state index contributed by atoms with van der Waals surface area (Å²) >= 11 is 7.11. The summed E-state index contributed by atoms with van der Waals surface area (Å²) in [6.45, 7) is 4.13. The molecule has 0 spiro atoms. The molecule has 0 aliphatic rings. The first kappa shape index (κ1) is 21.8. The Morgan fingerprint density at radius 2 is 2.07 bits per heavy atom. The van der Waals surface area contributed by atoms with E-state index in [1.54, 1.807) is 31.2 Å². The largest absolute Gasteiger partial charge is 0.320 e. The highest BCUT2D eigenvalue weighted by atomic mass is 35.5. The smallest absolute Gasteiger partial charge is 0.293 e. The molecule has 2 aromatic carbocycles. The molecule has 30 heavy (non-hydrogen) atoms. The number of rotatable bonds is 7. The van der Waals surface area contributed by atoms with Crippen LogP contribution in [0.5, 0.6) is 0 Å². The van der Waals surface area contributed by atoms with Gasteiger partial charge in [-0.2, -0.15) is 0 Å². The average molecular weight is 447 g/mol. The Kier molecular flexibility index (Phi) is 6.73. The third-order valence-corrected chi connectivity index (χ3v) is 5.50. The number of nitrogens with one attached hydrogen (secondary N) is 1. The Morgan fingerprint density at radius 1 is 1.30 bits per heavy atom. The molecule has 1 aromatic heterocycles. The maximum absolute atomic E-state index is 12.8. The van der Waals surface area contributed by atoms with E-state index in [1.807, 2.05) is 6.92 Å². The Hall–Kier alpha value is -2.91. The van der Waals surface area contributed by atoms with Crippen molar-refractivity contribution in [1.29, 1.82) is 0 Å². The van der Waals surface area contributed by atoms with Crippen LogP contribution < -0.4 is 10.9 Å². The molecule has 156 valence electrons. The van der Waals surface area contributed by atoms with Gasteiger partial charge in [0.2, 0.25) is 5.91 Å². The zero-order valence-electron chi connectivity index (χ0n) is 16.3. The molecule has 1 heterocycles. The van der Waals surface area contributed by atoms with E-state index in [-0.39, 0.29) is 22.7 Å². The summed E-state index contributed by atoms with van der Waals surface area (Å²) in [4.78, 5) is 40.5. The number of thioether (sulfide) groups is 1. The highest BCUT2D eigenvalue weighted by Crippen LogP contribution is 2.26. The van der Waals surface area contributed by atoms with Gasteiger partial charge in [-0.3, -0.25) is 24.3 Å². The molecule has 0 atom stereocenters. The van der Waals surface area contributed by atoms with Gasteiger partial charge in [-0.05, 0) is 43.2 Å². The number of nitro benzene ring substituents is 1. The molecule has 3 rings (SSSR count). The van der Waals surface area contributed by atoms with E-state index in [1.165, 1.54) is 16.7 Å². The topological polar surface area (TPSA) is 107 Å². The number of amides is 1. The van der Waals surface area contributed by atoms with Crippen LogP contribution in [0.1, 0.15) is 18.9 Å². The van der Waals surface area contributed by atoms with Crippen molar-refractivity contribution in [3.63, 3.8) is 0 Å². The van der Waals surface area contributed by atoms with Crippen LogP contribution in [0.25, 0.3) is 10.9 Å². The maximum atomic E-state index is 12.8. The monoisotopic (exact) mass is 446 g/mol. The van der Waals surface area contributed by atoms with Crippen LogP contribution in [-0.4, -0.2) is 26.1 Å². The van der Waals surface area contributed by atoms with Crippen LogP contribution in [-0.2, 0) is 11.3 Å². The zero-order chi connectivity index (χ0) is 21.8. The van der Waals surface area contributed by atoms with Gasteiger partial charge >= 0.3 is 0 Å². The van der Waals surface area contributed by atoms with Gasteiger partial charge in [0.05, 0.1) is 21.6 Å². The van der Waals surface area contributed by atoms with Crippen molar-refractivity contribution >= 4 is 51.5 Å². The molecular weight excluding hydrogens is 428 g/mol. The van der Waals surface area contributed by atoms with E-state index in [0.717, 1.165) is 23.7 Å². The molecule has 0 fully saturated rings. The molecule has 0 radical (unpaired) electrons. The molecule has 10 heteroatoms. The molecule has 0 unspecified atom stereocenters. The molecule has 1 N–H and O–H groups in total. The first-order chi connectivity index (χ1) is 14.3. The Labute approximate surface area is 181 Å². The van der Waals surface area contributed by atoms with E-state index >= 15 is 0 Å². The maximum Gasteiger partial charge on any atom is 0.293 e. The van der Waals surface area contributed by atoms with Crippen LogP contribution in [0.15, 0.2) is 46.3 Å². The van der Waals surface area contributed by atoms with Crippen molar-refractivity contribution in [3.05, 3.63) is 67.5 Å². The third kappa shape index (κ3) is 4.80. The van der Waals surface area contributed by atoms with Crippen LogP contribution in [0.4, 0.5) is 11.4 Å². The van der Waals surface area contributed by atoms with Gasteiger partial charge in [0.15, 0.2) is 5.16 Å². The summed E-state index contributed by atoms with van der Waals surface area (Å²) in [5.41, 5.74) is 0.930. The third-order valence-electron chi connectivity index (χ3n) is 4.29. The molecule has 0 aliphatic heterocycles. The second kappa shape index (κ2) is 9.27. The van der Waals surface area contributed by atoms with Crippen LogP contribution in [0.2, 0.25) is 5.02 Å². The normalized spacial score (nSPS) is 10.9. The van der Waals surface area contributed by atoms with Crippen molar-refractivity contribution in [3.8, 4) is 0 Å². The highest BCUT2D eigenvalue weighted by Gasteiger charge is 2.17. The molecule has 0 saturated heterocycles. The number of benzene rings is 2. The number of aromatic nitrogens is 2. The molecule has 0 aliphatic carbocycles. The lowest BCUT2D eigenvalue weighted by Gasteiger charge is -2.12. The number of fused-ring (bicyclic) bond motifs is 1. The zero-order valence-corrected chi connectivity index (χ0v) is 17.9. The standard InChI is InChI=1S/C20H19ClN4O4S/c1-3-8-24-19(27)14-6-5-13(21)10-16(14)23-20(24)30-11-18(26)22-15-7-4-12(2)9-17(15)25(28)29/h4-7,9-10H,3,8,11H2,1-2H3,(H,22,26). The molecule has 3 aromatic rings. The van der Waals surface area contributed by atoms with Crippen molar-refractivity contribution in [2.75, 3.05) is 11.1 Å². The van der Waals surface area contributed by atoms with Gasteiger partial charge in [0.1, 0.15) is 5.69 Å². The number of nitro groups is 1. The second-order valence-corrected chi connectivity index (χ2v) is 8.01. The number of halogens is 1. The quantitative estimate of drug-likeness (QED) is 0.249. The van der Waals surface area contributed by atoms with Crippen LogP contribution in [0.3, 0.4) is 0 Å². The van der Waals surface area contributed by atoms with Crippen molar-refractivity contribution in [2.24, 2.45) is 0 Å². The molecule has 8 nitrogen and oxygen atoms in total. The lowest BCUT2D eigenvalue weighted by molar-refractivity contribution is -0.384. The van der Waals surface area contributed by atoms with Crippen LogP contribution in [0, 0.1) is 17.0 Å². The fourth-order valence-corrected chi connectivity index (χ4v) is 3.91. The van der Waals surface area contributed by atoms with Gasteiger partial charge in [0.25, 0.3) is 11.2 Å². The highest BCUT2D eigenvalue weighted by molar-refractivity contribution is 7.99. The summed E-state index contributed by atoms with van der Waals surface area (Å²) in [7, 11) is 0. The SMILES string of the molecule is CCCn1c(SCC(=O)Nc2ccc(C)cc2[N+](=O)[O-])nc2cc(Cl)ccc2c1=O. The summed E-state index contributed by atoms with van der Waals surface area (Å²) in [6, 6.07) is 9.46. The van der Waals surface area contributed by atoms with E-state index in [0.29, 0.717) is 27.6 Å². The summed E-state index contributed by atoms with van der Waals surface area (Å²) in [5.74, 6) is -0.497. The predicted octanol–water partition coefficient (Wildman–Crippen LogP) is 4.41. The van der Waals surface area contributed by atoms with E-state index in [2.05, 4.69) is 10.3 Å².